The maximum absolute atomic E-state index is 12.1. The third kappa shape index (κ3) is 3.88. The number of nitrogens with zero attached hydrogens (tertiary/aromatic N) is 3. The summed E-state index contributed by atoms with van der Waals surface area (Å²) in [4.78, 5) is 12.1. The smallest absolute Gasteiger partial charge is 0.224 e. The SMILES string of the molecule is COc1ccc(CC(=O)NCc2nnc3n2CCCCC3)cc1. The van der Waals surface area contributed by atoms with Crippen molar-refractivity contribution in [2.24, 2.45) is 0 Å². The summed E-state index contributed by atoms with van der Waals surface area (Å²) in [5, 5.41) is 11.4. The van der Waals surface area contributed by atoms with Crippen LogP contribution < -0.4 is 10.1 Å². The quantitative estimate of drug-likeness (QED) is 0.915. The summed E-state index contributed by atoms with van der Waals surface area (Å²) >= 11 is 0. The Kier molecular flexibility index (Phi) is 4.90. The van der Waals surface area contributed by atoms with E-state index < -0.39 is 0 Å². The summed E-state index contributed by atoms with van der Waals surface area (Å²) in [5.74, 6) is 2.67. The standard InChI is InChI=1S/C17H22N4O2/c1-23-14-8-6-13(7-9-14)11-17(22)18-12-16-20-19-15-5-3-2-4-10-21(15)16/h6-9H,2-5,10-12H2,1H3,(H,18,22). The van der Waals surface area contributed by atoms with Gasteiger partial charge in [0, 0.05) is 13.0 Å². The summed E-state index contributed by atoms with van der Waals surface area (Å²) in [6, 6.07) is 7.53. The number of rotatable bonds is 5. The Hall–Kier alpha value is -2.37. The molecule has 6 heteroatoms. The Morgan fingerprint density at radius 1 is 1.22 bits per heavy atom. The summed E-state index contributed by atoms with van der Waals surface area (Å²) in [7, 11) is 1.63. The normalized spacial score (nSPS) is 14.0. The summed E-state index contributed by atoms with van der Waals surface area (Å²) in [6.45, 7) is 1.38. The van der Waals surface area contributed by atoms with Gasteiger partial charge in [-0.3, -0.25) is 4.79 Å². The van der Waals surface area contributed by atoms with E-state index in [1.54, 1.807) is 7.11 Å². The number of aromatic nitrogens is 3. The predicted octanol–water partition coefficient (Wildman–Crippen LogP) is 1.87. The highest BCUT2D eigenvalue weighted by atomic mass is 16.5. The number of aryl methyl sites for hydroxylation is 1. The molecule has 3 rings (SSSR count). The highest BCUT2D eigenvalue weighted by molar-refractivity contribution is 5.78. The summed E-state index contributed by atoms with van der Waals surface area (Å²) < 4.78 is 7.27. The minimum atomic E-state index is -0.0128. The van der Waals surface area contributed by atoms with Crippen molar-refractivity contribution in [3.8, 4) is 5.75 Å². The fraction of sp³-hybridized carbons (Fsp3) is 0.471. The second-order valence-electron chi connectivity index (χ2n) is 5.80. The largest absolute Gasteiger partial charge is 0.497 e. The van der Waals surface area contributed by atoms with Crippen molar-refractivity contribution in [1.82, 2.24) is 20.1 Å². The van der Waals surface area contributed by atoms with Gasteiger partial charge in [-0.25, -0.2) is 0 Å². The van der Waals surface area contributed by atoms with E-state index in [1.165, 1.54) is 12.8 Å². The second-order valence-corrected chi connectivity index (χ2v) is 5.80. The Morgan fingerprint density at radius 3 is 2.83 bits per heavy atom. The molecular weight excluding hydrogens is 292 g/mol. The van der Waals surface area contributed by atoms with Gasteiger partial charge >= 0.3 is 0 Å². The van der Waals surface area contributed by atoms with Crippen molar-refractivity contribution < 1.29 is 9.53 Å². The number of benzene rings is 1. The molecule has 0 aliphatic carbocycles. The molecule has 1 aliphatic heterocycles. The predicted molar refractivity (Wildman–Crippen MR) is 86.1 cm³/mol. The Balaban J connectivity index is 1.55. The zero-order valence-electron chi connectivity index (χ0n) is 13.4. The molecule has 1 aromatic heterocycles. The van der Waals surface area contributed by atoms with Crippen LogP contribution in [0.1, 0.15) is 36.5 Å². The fourth-order valence-electron chi connectivity index (χ4n) is 2.84. The van der Waals surface area contributed by atoms with Gasteiger partial charge in [0.2, 0.25) is 5.91 Å². The van der Waals surface area contributed by atoms with E-state index >= 15 is 0 Å². The summed E-state index contributed by atoms with van der Waals surface area (Å²) in [5.41, 5.74) is 0.961. The molecule has 1 aromatic carbocycles. The van der Waals surface area contributed by atoms with Crippen molar-refractivity contribution in [2.45, 2.75) is 45.2 Å². The molecule has 2 aromatic rings. The maximum Gasteiger partial charge on any atom is 0.224 e. The van der Waals surface area contributed by atoms with Crippen LogP contribution in [0.4, 0.5) is 0 Å². The molecule has 2 heterocycles. The van der Waals surface area contributed by atoms with Crippen LogP contribution >= 0.6 is 0 Å². The van der Waals surface area contributed by atoms with Crippen LogP contribution in [0.2, 0.25) is 0 Å². The maximum atomic E-state index is 12.1. The summed E-state index contributed by atoms with van der Waals surface area (Å²) in [6.07, 6.45) is 4.88. The van der Waals surface area contributed by atoms with Crippen LogP contribution in [0, 0.1) is 0 Å². The Bertz CT molecular complexity index is 664. The van der Waals surface area contributed by atoms with Gasteiger partial charge in [-0.2, -0.15) is 0 Å². The van der Waals surface area contributed by atoms with Crippen LogP contribution in [0.3, 0.4) is 0 Å². The topological polar surface area (TPSA) is 69.0 Å². The molecule has 0 atom stereocenters. The van der Waals surface area contributed by atoms with E-state index in [4.69, 9.17) is 4.74 Å². The first-order valence-electron chi connectivity index (χ1n) is 8.07. The van der Waals surface area contributed by atoms with Gasteiger partial charge in [0.1, 0.15) is 11.6 Å². The highest BCUT2D eigenvalue weighted by Gasteiger charge is 2.15. The fourth-order valence-corrected chi connectivity index (χ4v) is 2.84. The monoisotopic (exact) mass is 314 g/mol. The van der Waals surface area contributed by atoms with Gasteiger partial charge in [0.05, 0.1) is 20.1 Å². The zero-order chi connectivity index (χ0) is 16.1. The van der Waals surface area contributed by atoms with Crippen LogP contribution in [-0.4, -0.2) is 27.8 Å². The number of methoxy groups -OCH3 is 1. The van der Waals surface area contributed by atoms with Crippen LogP contribution in [0.15, 0.2) is 24.3 Å². The van der Waals surface area contributed by atoms with Crippen LogP contribution in [0.5, 0.6) is 5.75 Å². The number of carbonyl (C=O) groups is 1. The van der Waals surface area contributed by atoms with E-state index in [0.29, 0.717) is 13.0 Å². The molecule has 6 nitrogen and oxygen atoms in total. The minimum absolute atomic E-state index is 0.0128. The number of ether oxygens (including phenoxy) is 1. The number of hydrogen-bond acceptors (Lipinski definition) is 4. The van der Waals surface area contributed by atoms with Gasteiger partial charge in [0.25, 0.3) is 0 Å². The number of amides is 1. The van der Waals surface area contributed by atoms with Gasteiger partial charge in [0.15, 0.2) is 5.82 Å². The molecule has 0 bridgehead atoms. The number of nitrogens with one attached hydrogen (secondary N) is 1. The lowest BCUT2D eigenvalue weighted by molar-refractivity contribution is -0.120. The van der Waals surface area contributed by atoms with E-state index in [1.807, 2.05) is 24.3 Å². The van der Waals surface area contributed by atoms with Crippen LogP contribution in [-0.2, 0) is 30.7 Å². The van der Waals surface area contributed by atoms with Gasteiger partial charge in [-0.1, -0.05) is 18.6 Å². The van der Waals surface area contributed by atoms with Crippen molar-refractivity contribution in [2.75, 3.05) is 7.11 Å². The average Bonchev–Trinajstić information content (AvgIpc) is 2.80. The van der Waals surface area contributed by atoms with Crippen molar-refractivity contribution in [3.05, 3.63) is 41.5 Å². The number of hydrogen-bond donors (Lipinski definition) is 1. The molecule has 0 spiro atoms. The first-order valence-corrected chi connectivity index (χ1v) is 8.07. The average molecular weight is 314 g/mol. The van der Waals surface area contributed by atoms with Crippen molar-refractivity contribution in [1.29, 1.82) is 0 Å². The molecular formula is C17H22N4O2. The number of fused-ring (bicyclic) bond motifs is 1. The van der Waals surface area contributed by atoms with E-state index in [0.717, 1.165) is 42.3 Å². The van der Waals surface area contributed by atoms with Crippen molar-refractivity contribution in [3.63, 3.8) is 0 Å². The third-order valence-electron chi connectivity index (χ3n) is 4.15. The lowest BCUT2D eigenvalue weighted by Crippen LogP contribution is -2.26. The Labute approximate surface area is 135 Å². The lowest BCUT2D eigenvalue weighted by atomic mass is 10.1. The van der Waals surface area contributed by atoms with Crippen molar-refractivity contribution >= 4 is 5.91 Å². The molecule has 0 radical (unpaired) electrons. The molecule has 1 aliphatic rings. The third-order valence-corrected chi connectivity index (χ3v) is 4.15. The first kappa shape index (κ1) is 15.5. The lowest BCUT2D eigenvalue weighted by Gasteiger charge is -2.08. The molecule has 1 N–H and O–H groups in total. The Morgan fingerprint density at radius 2 is 2.04 bits per heavy atom. The highest BCUT2D eigenvalue weighted by Crippen LogP contribution is 2.14. The van der Waals surface area contributed by atoms with Crippen LogP contribution in [0.25, 0.3) is 0 Å². The molecule has 122 valence electrons. The molecule has 23 heavy (non-hydrogen) atoms. The second kappa shape index (κ2) is 7.26. The zero-order valence-corrected chi connectivity index (χ0v) is 13.4. The number of carbonyl (C=O) groups excluding carboxylic acids is 1. The van der Waals surface area contributed by atoms with Gasteiger partial charge in [-0.05, 0) is 30.5 Å². The molecule has 1 amide bonds. The molecule has 0 saturated heterocycles. The van der Waals surface area contributed by atoms with E-state index in [2.05, 4.69) is 20.1 Å². The first-order chi connectivity index (χ1) is 11.3. The van der Waals surface area contributed by atoms with E-state index in [-0.39, 0.29) is 5.91 Å². The molecule has 0 saturated carbocycles. The van der Waals surface area contributed by atoms with Gasteiger partial charge in [-0.15, -0.1) is 10.2 Å². The minimum Gasteiger partial charge on any atom is -0.497 e. The molecule has 0 fully saturated rings. The molecule has 0 unspecified atom stereocenters. The van der Waals surface area contributed by atoms with E-state index in [9.17, 15) is 4.79 Å². The van der Waals surface area contributed by atoms with Gasteiger partial charge < -0.3 is 14.6 Å².